The molecule has 0 saturated heterocycles. The number of hydrogen-bond donors (Lipinski definition) is 1. The second-order valence-corrected chi connectivity index (χ2v) is 4.39. The predicted octanol–water partition coefficient (Wildman–Crippen LogP) is 4.12. The Hall–Kier alpha value is -0.760. The summed E-state index contributed by atoms with van der Waals surface area (Å²) in [5.41, 5.74) is -0.774. The van der Waals surface area contributed by atoms with Crippen molar-refractivity contribution < 1.29 is 26.3 Å². The van der Waals surface area contributed by atoms with Crippen molar-refractivity contribution in [2.24, 2.45) is 0 Å². The summed E-state index contributed by atoms with van der Waals surface area (Å²) < 4.78 is 72.9. The van der Waals surface area contributed by atoms with E-state index in [9.17, 15) is 26.3 Å². The van der Waals surface area contributed by atoms with Crippen LogP contribution in [0.25, 0.3) is 0 Å². The Kier molecular flexibility index (Phi) is 4.66. The van der Waals surface area contributed by atoms with Gasteiger partial charge in [-0.25, -0.2) is 0 Å². The number of benzene rings is 1. The second kappa shape index (κ2) is 5.48. The zero-order valence-corrected chi connectivity index (χ0v) is 10.4. The highest BCUT2D eigenvalue weighted by Crippen LogP contribution is 2.35. The smallest absolute Gasteiger partial charge is 0.305 e. The van der Waals surface area contributed by atoms with Crippen molar-refractivity contribution in [3.8, 4) is 0 Å². The summed E-state index contributed by atoms with van der Waals surface area (Å²) in [6, 6.07) is 3.30. The van der Waals surface area contributed by atoms with Gasteiger partial charge in [0.1, 0.15) is 0 Å². The van der Waals surface area contributed by atoms with Gasteiger partial charge < -0.3 is 5.32 Å². The Labute approximate surface area is 107 Å². The lowest BCUT2D eigenvalue weighted by Gasteiger charge is -2.12. The number of nitrogens with one attached hydrogen (secondary N) is 1. The summed E-state index contributed by atoms with van der Waals surface area (Å²) in [5, 5.41) is 2.03. The van der Waals surface area contributed by atoms with E-state index in [1.807, 2.05) is 5.32 Å². The van der Waals surface area contributed by atoms with Gasteiger partial charge in [-0.2, -0.15) is 26.3 Å². The van der Waals surface area contributed by atoms with Crippen LogP contribution in [0.1, 0.15) is 11.1 Å². The van der Waals surface area contributed by atoms with Crippen LogP contribution in [0.2, 0.25) is 0 Å². The molecule has 0 radical (unpaired) electrons. The fraction of sp³-hybridized carbons (Fsp3) is 0.400. The van der Waals surface area contributed by atoms with E-state index in [1.54, 1.807) is 0 Å². The van der Waals surface area contributed by atoms with E-state index in [2.05, 4.69) is 15.9 Å². The van der Waals surface area contributed by atoms with Gasteiger partial charge in [-0.15, -0.1) is 0 Å². The molecule has 1 rings (SSSR count). The molecule has 0 aliphatic rings. The summed E-state index contributed by atoms with van der Waals surface area (Å²) in [6.07, 6.45) is -8.93. The molecular formula is C10H8BrF6N. The topological polar surface area (TPSA) is 12.0 Å². The van der Waals surface area contributed by atoms with Crippen LogP contribution < -0.4 is 5.32 Å². The van der Waals surface area contributed by atoms with Crippen LogP contribution in [-0.4, -0.2) is 12.7 Å². The maximum atomic E-state index is 12.5. The lowest BCUT2D eigenvalue weighted by Crippen LogP contribution is -2.28. The molecule has 0 aromatic heterocycles. The first-order valence-corrected chi connectivity index (χ1v) is 5.52. The molecule has 0 spiro atoms. The van der Waals surface area contributed by atoms with Crippen LogP contribution in [0, 0.1) is 0 Å². The van der Waals surface area contributed by atoms with E-state index >= 15 is 0 Å². The van der Waals surface area contributed by atoms with Crippen molar-refractivity contribution in [2.45, 2.75) is 18.9 Å². The predicted molar refractivity (Wildman–Crippen MR) is 56.9 cm³/mol. The minimum Gasteiger partial charge on any atom is -0.305 e. The van der Waals surface area contributed by atoms with Gasteiger partial charge in [-0.05, 0) is 17.7 Å². The van der Waals surface area contributed by atoms with E-state index in [0.717, 1.165) is 12.1 Å². The summed E-state index contributed by atoms with van der Waals surface area (Å²) in [5.74, 6) is 0. The van der Waals surface area contributed by atoms with E-state index in [4.69, 9.17) is 0 Å². The standard InChI is InChI=1S/C10H8BrF6N/c11-8-2-1-6(3-7(8)10(15,16)17)4-18-5-9(12,13)14/h1-3,18H,4-5H2. The number of rotatable bonds is 3. The summed E-state index contributed by atoms with van der Waals surface area (Å²) in [4.78, 5) is 0. The van der Waals surface area contributed by atoms with Gasteiger partial charge in [-0.3, -0.25) is 0 Å². The minimum atomic E-state index is -4.54. The maximum absolute atomic E-state index is 12.5. The summed E-state index contributed by atoms with van der Waals surface area (Å²) in [6.45, 7) is -1.53. The molecule has 1 aromatic carbocycles. The third-order valence-electron chi connectivity index (χ3n) is 1.99. The fourth-order valence-electron chi connectivity index (χ4n) is 1.25. The highest BCUT2D eigenvalue weighted by molar-refractivity contribution is 9.10. The first-order valence-electron chi connectivity index (χ1n) is 4.73. The molecule has 1 N–H and O–H groups in total. The second-order valence-electron chi connectivity index (χ2n) is 3.53. The lowest BCUT2D eigenvalue weighted by atomic mass is 10.1. The van der Waals surface area contributed by atoms with Crippen molar-refractivity contribution in [1.82, 2.24) is 5.32 Å². The van der Waals surface area contributed by atoms with E-state index in [1.165, 1.54) is 6.07 Å². The fourth-order valence-corrected chi connectivity index (χ4v) is 1.72. The average Bonchev–Trinajstić information content (AvgIpc) is 2.17. The van der Waals surface area contributed by atoms with Gasteiger partial charge in [0.05, 0.1) is 12.1 Å². The van der Waals surface area contributed by atoms with Crippen LogP contribution in [0.5, 0.6) is 0 Å². The zero-order chi connectivity index (χ0) is 14.0. The van der Waals surface area contributed by atoms with Gasteiger partial charge in [0.15, 0.2) is 0 Å². The zero-order valence-electron chi connectivity index (χ0n) is 8.79. The van der Waals surface area contributed by atoms with Crippen LogP contribution in [0.15, 0.2) is 22.7 Å². The first kappa shape index (κ1) is 15.3. The molecule has 0 aliphatic carbocycles. The van der Waals surface area contributed by atoms with E-state index in [0.29, 0.717) is 0 Å². The Morgan fingerprint density at radius 2 is 1.67 bits per heavy atom. The van der Waals surface area contributed by atoms with Crippen LogP contribution in [0.4, 0.5) is 26.3 Å². The Morgan fingerprint density at radius 3 is 2.17 bits per heavy atom. The molecule has 0 atom stereocenters. The molecular weight excluding hydrogens is 328 g/mol. The lowest BCUT2D eigenvalue weighted by molar-refractivity contribution is -0.138. The quantitative estimate of drug-likeness (QED) is 0.819. The number of alkyl halides is 6. The van der Waals surface area contributed by atoms with Gasteiger partial charge in [0.25, 0.3) is 0 Å². The van der Waals surface area contributed by atoms with Crippen molar-refractivity contribution in [2.75, 3.05) is 6.54 Å². The van der Waals surface area contributed by atoms with Gasteiger partial charge >= 0.3 is 12.4 Å². The molecule has 0 heterocycles. The van der Waals surface area contributed by atoms with Crippen LogP contribution in [0.3, 0.4) is 0 Å². The molecule has 102 valence electrons. The molecule has 0 fully saturated rings. The maximum Gasteiger partial charge on any atom is 0.417 e. The Balaban J connectivity index is 2.74. The molecule has 0 amide bonds. The van der Waals surface area contributed by atoms with Gasteiger partial charge in [0, 0.05) is 11.0 Å². The molecule has 18 heavy (non-hydrogen) atoms. The van der Waals surface area contributed by atoms with Gasteiger partial charge in [-0.1, -0.05) is 22.0 Å². The SMILES string of the molecule is FC(F)(F)CNCc1ccc(Br)c(C(F)(F)F)c1. The molecule has 1 aromatic rings. The van der Waals surface area contributed by atoms with Gasteiger partial charge in [0.2, 0.25) is 0 Å². The van der Waals surface area contributed by atoms with Crippen LogP contribution in [-0.2, 0) is 12.7 Å². The Bertz CT molecular complexity index is 412. The highest BCUT2D eigenvalue weighted by Gasteiger charge is 2.33. The average molecular weight is 336 g/mol. The molecule has 1 nitrogen and oxygen atoms in total. The largest absolute Gasteiger partial charge is 0.417 e. The van der Waals surface area contributed by atoms with Crippen LogP contribution >= 0.6 is 15.9 Å². The van der Waals surface area contributed by atoms with Crippen molar-refractivity contribution >= 4 is 15.9 Å². The molecule has 0 aliphatic heterocycles. The van der Waals surface area contributed by atoms with Crippen molar-refractivity contribution in [3.63, 3.8) is 0 Å². The van der Waals surface area contributed by atoms with E-state index in [-0.39, 0.29) is 16.6 Å². The monoisotopic (exact) mass is 335 g/mol. The Morgan fingerprint density at radius 1 is 1.06 bits per heavy atom. The van der Waals surface area contributed by atoms with Crippen molar-refractivity contribution in [3.05, 3.63) is 33.8 Å². The molecule has 0 saturated carbocycles. The third kappa shape index (κ3) is 4.85. The summed E-state index contributed by atoms with van der Waals surface area (Å²) in [7, 11) is 0. The third-order valence-corrected chi connectivity index (χ3v) is 2.68. The first-order chi connectivity index (χ1) is 8.09. The normalized spacial score (nSPS) is 12.8. The summed E-state index contributed by atoms with van der Waals surface area (Å²) >= 11 is 2.75. The van der Waals surface area contributed by atoms with E-state index < -0.39 is 24.5 Å². The molecule has 0 unspecified atom stereocenters. The number of halogens is 7. The highest BCUT2D eigenvalue weighted by atomic mass is 79.9. The minimum absolute atomic E-state index is 0.134. The van der Waals surface area contributed by atoms with Crippen molar-refractivity contribution in [1.29, 1.82) is 0 Å². The molecule has 0 bridgehead atoms. The molecule has 8 heteroatoms. The number of hydrogen-bond acceptors (Lipinski definition) is 1.